The van der Waals surface area contributed by atoms with E-state index in [2.05, 4.69) is 20.8 Å². The first-order chi connectivity index (χ1) is 14.9. The Kier molecular flexibility index (Phi) is 6.90. The quantitative estimate of drug-likeness (QED) is 0.163. The number of carboxylic acid groups (broad SMARTS) is 1. The maximum atomic E-state index is 13.0. The molecule has 3 atom stereocenters. The molecule has 164 valence electrons. The monoisotopic (exact) mass is 447 g/mol. The molecular formula is C19H21N5O6S. The number of β-lactam (4-membered cyclic amide) rings is 1. The molecule has 12 heteroatoms. The maximum absolute atomic E-state index is 13.0. The summed E-state index contributed by atoms with van der Waals surface area (Å²) in [6.07, 6.45) is 2.61. The van der Waals surface area contributed by atoms with Gasteiger partial charge in [-0.3, -0.25) is 19.3 Å². The Bertz CT molecular complexity index is 965. The first kappa shape index (κ1) is 22.3. The number of hydrogen-bond acceptors (Lipinski definition) is 8. The van der Waals surface area contributed by atoms with E-state index in [1.165, 1.54) is 30.0 Å². The Labute approximate surface area is 181 Å². The van der Waals surface area contributed by atoms with Gasteiger partial charge in [-0.05, 0) is 31.6 Å². The summed E-state index contributed by atoms with van der Waals surface area (Å²) in [5.74, 6) is -2.22. The molecule has 0 bridgehead atoms. The number of anilines is 1. The minimum atomic E-state index is -1.20. The largest absolute Gasteiger partial charge is 0.477 e. The van der Waals surface area contributed by atoms with Crippen molar-refractivity contribution in [2.24, 2.45) is 5.16 Å². The van der Waals surface area contributed by atoms with Crippen LogP contribution >= 0.6 is 11.8 Å². The summed E-state index contributed by atoms with van der Waals surface area (Å²) < 4.78 is 0. The number of oxime groups is 1. The smallest absolute Gasteiger partial charge is 0.352 e. The number of hydrogen-bond donors (Lipinski definition) is 3. The zero-order valence-corrected chi connectivity index (χ0v) is 17.6. The molecule has 0 saturated carbocycles. The van der Waals surface area contributed by atoms with E-state index < -0.39 is 29.2 Å². The molecule has 31 heavy (non-hydrogen) atoms. The number of carboxylic acids is 1. The first-order valence-electron chi connectivity index (χ1n) is 9.49. The van der Waals surface area contributed by atoms with E-state index in [0.717, 1.165) is 4.90 Å². The molecule has 1 aromatic heterocycles. The molecule has 1 saturated heterocycles. The van der Waals surface area contributed by atoms with Crippen molar-refractivity contribution in [2.75, 3.05) is 11.9 Å². The molecule has 3 rings (SSSR count). The Hall–Kier alpha value is -3.41. The van der Waals surface area contributed by atoms with Crippen LogP contribution in [0, 0.1) is 0 Å². The Morgan fingerprint density at radius 1 is 1.42 bits per heavy atom. The van der Waals surface area contributed by atoms with E-state index in [1.54, 1.807) is 6.07 Å². The zero-order valence-electron chi connectivity index (χ0n) is 16.8. The van der Waals surface area contributed by atoms with E-state index in [4.69, 9.17) is 4.84 Å². The molecule has 0 spiro atoms. The minimum Gasteiger partial charge on any atom is -0.477 e. The van der Waals surface area contributed by atoms with Crippen molar-refractivity contribution in [2.45, 2.75) is 36.9 Å². The number of aliphatic carboxylic acids is 1. The average molecular weight is 447 g/mol. The van der Waals surface area contributed by atoms with E-state index in [-0.39, 0.29) is 34.8 Å². The molecule has 3 amide bonds. The number of fused-ring (bicyclic) bond motifs is 1. The highest BCUT2D eigenvalue weighted by Gasteiger charge is 2.54. The van der Waals surface area contributed by atoms with E-state index in [9.17, 15) is 24.3 Å². The molecule has 1 aromatic rings. The number of amides is 3. The van der Waals surface area contributed by atoms with Gasteiger partial charge >= 0.3 is 5.97 Å². The van der Waals surface area contributed by atoms with Crippen molar-refractivity contribution >= 4 is 47.5 Å². The van der Waals surface area contributed by atoms with Gasteiger partial charge < -0.3 is 20.6 Å². The summed E-state index contributed by atoms with van der Waals surface area (Å²) in [4.78, 5) is 58.2. The van der Waals surface area contributed by atoms with E-state index in [0.29, 0.717) is 12.8 Å². The summed E-state index contributed by atoms with van der Waals surface area (Å²) >= 11 is 1.36. The third-order valence-corrected chi connectivity index (χ3v) is 5.75. The van der Waals surface area contributed by atoms with Crippen molar-refractivity contribution in [1.82, 2.24) is 15.2 Å². The van der Waals surface area contributed by atoms with Gasteiger partial charge in [-0.25, -0.2) is 9.78 Å². The molecule has 11 nitrogen and oxygen atoms in total. The van der Waals surface area contributed by atoms with Crippen LogP contribution in [0.2, 0.25) is 0 Å². The number of nitrogens with zero attached hydrogens (tertiary/aromatic N) is 3. The second kappa shape index (κ2) is 9.60. The Morgan fingerprint density at radius 3 is 2.87 bits per heavy atom. The summed E-state index contributed by atoms with van der Waals surface area (Å²) in [5.41, 5.74) is -0.127. The number of carbonyl (C=O) groups excluding carboxylic acids is 3. The molecule has 0 radical (unpaired) electrons. The molecule has 2 aliphatic rings. The number of pyridine rings is 1. The Morgan fingerprint density at radius 2 is 2.19 bits per heavy atom. The molecule has 2 aliphatic heterocycles. The van der Waals surface area contributed by atoms with Crippen LogP contribution in [0.3, 0.4) is 0 Å². The number of rotatable bonds is 9. The third-order valence-electron chi connectivity index (χ3n) is 4.42. The topological polar surface area (TPSA) is 150 Å². The lowest BCUT2D eigenvalue weighted by Gasteiger charge is -2.49. The van der Waals surface area contributed by atoms with Gasteiger partial charge in [0.05, 0.1) is 0 Å². The fraction of sp³-hybridized carbons (Fsp3) is 0.368. The van der Waals surface area contributed by atoms with Crippen molar-refractivity contribution in [3.05, 3.63) is 35.7 Å². The van der Waals surface area contributed by atoms with Crippen molar-refractivity contribution in [3.8, 4) is 0 Å². The van der Waals surface area contributed by atoms with Crippen LogP contribution < -0.4 is 10.6 Å². The number of thioether (sulfide) groups is 1. The van der Waals surface area contributed by atoms with E-state index >= 15 is 0 Å². The number of aromatic nitrogens is 1. The van der Waals surface area contributed by atoms with Gasteiger partial charge in [0.2, 0.25) is 6.41 Å². The Balaban J connectivity index is 1.82. The summed E-state index contributed by atoms with van der Waals surface area (Å²) in [5, 5.41) is 17.5. The van der Waals surface area contributed by atoms with E-state index in [1.807, 2.05) is 13.8 Å². The second-order valence-electron chi connectivity index (χ2n) is 6.69. The van der Waals surface area contributed by atoms with Gasteiger partial charge in [-0.1, -0.05) is 18.1 Å². The second-order valence-corrected chi connectivity index (χ2v) is 8.19. The predicted octanol–water partition coefficient (Wildman–Crippen LogP) is 0.538. The zero-order chi connectivity index (χ0) is 22.5. The van der Waals surface area contributed by atoms with Gasteiger partial charge in [0.25, 0.3) is 11.8 Å². The number of nitrogens with one attached hydrogen (secondary N) is 2. The fourth-order valence-corrected chi connectivity index (χ4v) is 4.38. The van der Waals surface area contributed by atoms with Crippen LogP contribution in [0.25, 0.3) is 0 Å². The first-order valence-corrected chi connectivity index (χ1v) is 10.4. The van der Waals surface area contributed by atoms with Crippen LogP contribution in [0.1, 0.15) is 26.0 Å². The molecule has 1 fully saturated rings. The predicted molar refractivity (Wildman–Crippen MR) is 112 cm³/mol. The van der Waals surface area contributed by atoms with Crippen LogP contribution in [0.4, 0.5) is 5.82 Å². The van der Waals surface area contributed by atoms with Crippen molar-refractivity contribution in [3.63, 3.8) is 0 Å². The normalized spacial score (nSPS) is 22.6. The standard InChI is InChI=1S/C19H21N5O6S/c1-3-7-30-23-14(11-5-4-6-13(21-11)20-9-25)16(26)22-15-17(27)24-12(19(28)29)8-10(2)31-18(15)24/h4-6,8-10,15,18H,3,7H2,1-2H3,(H,22,26)(H,28,29)(H,20,21,25)/t10?,15?,18-/m1/s1. The SMILES string of the molecule is CCCON=C(C(=O)NC1C(=O)N2C(C(=O)O)=CC(C)S[C@H]12)c1cccc(NC=O)n1. The lowest BCUT2D eigenvalue weighted by atomic mass is 10.0. The van der Waals surface area contributed by atoms with Crippen LogP contribution in [-0.2, 0) is 24.0 Å². The molecular weight excluding hydrogens is 426 g/mol. The van der Waals surface area contributed by atoms with Crippen molar-refractivity contribution < 1.29 is 29.1 Å². The highest BCUT2D eigenvalue weighted by Crippen LogP contribution is 2.40. The highest BCUT2D eigenvalue weighted by atomic mass is 32.2. The van der Waals surface area contributed by atoms with Crippen LogP contribution in [0.15, 0.2) is 35.1 Å². The molecule has 2 unspecified atom stereocenters. The van der Waals surface area contributed by atoms with Gasteiger partial charge in [0, 0.05) is 5.25 Å². The molecule has 0 aromatic carbocycles. The summed E-state index contributed by atoms with van der Waals surface area (Å²) in [7, 11) is 0. The lowest BCUT2D eigenvalue weighted by molar-refractivity contribution is -0.150. The fourth-order valence-electron chi connectivity index (χ4n) is 3.05. The summed E-state index contributed by atoms with van der Waals surface area (Å²) in [6.45, 7) is 3.95. The van der Waals surface area contributed by atoms with Gasteiger partial charge in [-0.2, -0.15) is 0 Å². The van der Waals surface area contributed by atoms with Crippen LogP contribution in [-0.4, -0.2) is 68.2 Å². The number of carbonyl (C=O) groups is 4. The average Bonchev–Trinajstić information content (AvgIpc) is 2.74. The minimum absolute atomic E-state index is 0.0961. The molecule has 3 N–H and O–H groups in total. The van der Waals surface area contributed by atoms with Gasteiger partial charge in [-0.15, -0.1) is 11.8 Å². The summed E-state index contributed by atoms with van der Waals surface area (Å²) in [6, 6.07) is 3.71. The van der Waals surface area contributed by atoms with Crippen LogP contribution in [0.5, 0.6) is 0 Å². The van der Waals surface area contributed by atoms with Crippen molar-refractivity contribution in [1.29, 1.82) is 0 Å². The highest BCUT2D eigenvalue weighted by molar-refractivity contribution is 8.00. The molecule has 0 aliphatic carbocycles. The third kappa shape index (κ3) is 4.68. The van der Waals surface area contributed by atoms with Gasteiger partial charge in [0.15, 0.2) is 5.71 Å². The lowest BCUT2D eigenvalue weighted by Crippen LogP contribution is -2.71. The van der Waals surface area contributed by atoms with Gasteiger partial charge in [0.1, 0.15) is 35.2 Å². The molecule has 3 heterocycles. The maximum Gasteiger partial charge on any atom is 0.352 e.